The van der Waals surface area contributed by atoms with Gasteiger partial charge in [-0.1, -0.05) is 35.9 Å². The van der Waals surface area contributed by atoms with Gasteiger partial charge in [-0.15, -0.1) is 0 Å². The summed E-state index contributed by atoms with van der Waals surface area (Å²) in [6.45, 7) is 4.00. The molecule has 0 fully saturated rings. The number of anilines is 1. The fourth-order valence-electron chi connectivity index (χ4n) is 2.84. The van der Waals surface area contributed by atoms with E-state index in [2.05, 4.69) is 29.6 Å². The second kappa shape index (κ2) is 5.98. The highest BCUT2D eigenvalue weighted by Crippen LogP contribution is 2.30. The van der Waals surface area contributed by atoms with Crippen molar-refractivity contribution in [3.63, 3.8) is 0 Å². The van der Waals surface area contributed by atoms with Gasteiger partial charge in [0.05, 0.1) is 11.1 Å². The van der Waals surface area contributed by atoms with Gasteiger partial charge in [-0.05, 0) is 56.0 Å². The molecule has 1 N–H and O–H groups in total. The molecule has 110 valence electrons. The lowest BCUT2D eigenvalue weighted by molar-refractivity contribution is 0.242. The number of benzene rings is 2. The Morgan fingerprint density at radius 2 is 1.76 bits per heavy atom. The van der Waals surface area contributed by atoms with Crippen molar-refractivity contribution in [2.75, 3.05) is 5.32 Å². The van der Waals surface area contributed by atoms with Crippen LogP contribution in [0.4, 0.5) is 5.69 Å². The molecule has 0 atom stereocenters. The summed E-state index contributed by atoms with van der Waals surface area (Å²) >= 11 is 6.28. The predicted molar refractivity (Wildman–Crippen MR) is 88.5 cm³/mol. The molecular weight excluding hydrogens is 282 g/mol. The van der Waals surface area contributed by atoms with Gasteiger partial charge >= 0.3 is 0 Å². The topological polar surface area (TPSA) is 21.3 Å². The van der Waals surface area contributed by atoms with E-state index in [1.807, 2.05) is 32.0 Å². The molecule has 0 amide bonds. The third kappa shape index (κ3) is 3.33. The maximum absolute atomic E-state index is 6.28. The fourth-order valence-corrected chi connectivity index (χ4v) is 3.06. The molecule has 0 bridgehead atoms. The highest BCUT2D eigenvalue weighted by atomic mass is 35.5. The Morgan fingerprint density at radius 3 is 2.33 bits per heavy atom. The normalized spacial score (nSPS) is 14.3. The summed E-state index contributed by atoms with van der Waals surface area (Å²) < 4.78 is 5.66. The van der Waals surface area contributed by atoms with Crippen LogP contribution in [0.3, 0.4) is 0 Å². The zero-order valence-electron chi connectivity index (χ0n) is 12.4. The summed E-state index contributed by atoms with van der Waals surface area (Å²) in [5, 5.41) is 4.23. The van der Waals surface area contributed by atoms with Gasteiger partial charge in [0.15, 0.2) is 0 Å². The molecular formula is C18H20ClNO. The number of ether oxygens (including phenoxy) is 1. The van der Waals surface area contributed by atoms with Gasteiger partial charge in [0.25, 0.3) is 0 Å². The SMILES string of the molecule is CC(C)Oc1ccc(NC2Cc3ccccc3C2)cc1Cl. The first-order valence-electron chi connectivity index (χ1n) is 7.41. The van der Waals surface area contributed by atoms with Crippen molar-refractivity contribution in [3.8, 4) is 5.75 Å². The van der Waals surface area contributed by atoms with E-state index in [4.69, 9.17) is 16.3 Å². The highest BCUT2D eigenvalue weighted by Gasteiger charge is 2.20. The van der Waals surface area contributed by atoms with Gasteiger partial charge in [0, 0.05) is 11.7 Å². The van der Waals surface area contributed by atoms with Gasteiger partial charge < -0.3 is 10.1 Å². The van der Waals surface area contributed by atoms with Crippen LogP contribution in [0.25, 0.3) is 0 Å². The van der Waals surface area contributed by atoms with Crippen molar-refractivity contribution >= 4 is 17.3 Å². The summed E-state index contributed by atoms with van der Waals surface area (Å²) in [6, 6.07) is 15.0. The van der Waals surface area contributed by atoms with Crippen molar-refractivity contribution in [2.24, 2.45) is 0 Å². The molecule has 0 aliphatic heterocycles. The summed E-state index contributed by atoms with van der Waals surface area (Å²) in [6.07, 6.45) is 2.27. The average molecular weight is 302 g/mol. The second-order valence-electron chi connectivity index (χ2n) is 5.83. The Kier molecular flexibility index (Phi) is 4.07. The summed E-state index contributed by atoms with van der Waals surface area (Å²) in [5.74, 6) is 0.743. The first kappa shape index (κ1) is 14.3. The van der Waals surface area contributed by atoms with Crippen LogP contribution < -0.4 is 10.1 Å². The quantitative estimate of drug-likeness (QED) is 0.883. The van der Waals surface area contributed by atoms with Crippen molar-refractivity contribution in [3.05, 3.63) is 58.6 Å². The van der Waals surface area contributed by atoms with Crippen molar-refractivity contribution in [1.29, 1.82) is 0 Å². The smallest absolute Gasteiger partial charge is 0.138 e. The predicted octanol–water partition coefficient (Wildman–Crippen LogP) is 4.71. The van der Waals surface area contributed by atoms with Crippen molar-refractivity contribution < 1.29 is 4.74 Å². The van der Waals surface area contributed by atoms with Crippen molar-refractivity contribution in [1.82, 2.24) is 0 Å². The van der Waals surface area contributed by atoms with Crippen LogP contribution in [0.1, 0.15) is 25.0 Å². The minimum absolute atomic E-state index is 0.130. The lowest BCUT2D eigenvalue weighted by atomic mass is 10.1. The molecule has 1 aliphatic carbocycles. The van der Waals surface area contributed by atoms with Crippen LogP contribution in [0.2, 0.25) is 5.02 Å². The Bertz CT molecular complexity index is 614. The number of rotatable bonds is 4. The van der Waals surface area contributed by atoms with Crippen molar-refractivity contribution in [2.45, 2.75) is 38.8 Å². The molecule has 0 radical (unpaired) electrons. The van der Waals surface area contributed by atoms with Crippen LogP contribution in [0, 0.1) is 0 Å². The monoisotopic (exact) mass is 301 g/mol. The zero-order chi connectivity index (χ0) is 14.8. The van der Waals surface area contributed by atoms with Crippen LogP contribution in [0.15, 0.2) is 42.5 Å². The lowest BCUT2D eigenvalue weighted by Gasteiger charge is -2.16. The van der Waals surface area contributed by atoms with E-state index in [0.717, 1.165) is 24.3 Å². The molecule has 0 saturated carbocycles. The van der Waals surface area contributed by atoms with Gasteiger partial charge in [0.1, 0.15) is 5.75 Å². The maximum atomic E-state index is 6.28. The molecule has 0 heterocycles. The number of halogens is 1. The average Bonchev–Trinajstić information content (AvgIpc) is 2.83. The molecule has 2 aromatic carbocycles. The van der Waals surface area contributed by atoms with E-state index in [1.165, 1.54) is 11.1 Å². The molecule has 21 heavy (non-hydrogen) atoms. The summed E-state index contributed by atoms with van der Waals surface area (Å²) in [5.41, 5.74) is 3.94. The molecule has 2 aromatic rings. The summed E-state index contributed by atoms with van der Waals surface area (Å²) in [7, 11) is 0. The fraction of sp³-hybridized carbons (Fsp3) is 0.333. The Hall–Kier alpha value is -1.67. The molecule has 3 heteroatoms. The van der Waals surface area contributed by atoms with Gasteiger partial charge in [-0.2, -0.15) is 0 Å². The van der Waals surface area contributed by atoms with Crippen LogP contribution in [0.5, 0.6) is 5.75 Å². The lowest BCUT2D eigenvalue weighted by Crippen LogP contribution is -2.19. The van der Waals surface area contributed by atoms with E-state index in [9.17, 15) is 0 Å². The summed E-state index contributed by atoms with van der Waals surface area (Å²) in [4.78, 5) is 0. The molecule has 0 saturated heterocycles. The number of fused-ring (bicyclic) bond motifs is 1. The minimum Gasteiger partial charge on any atom is -0.489 e. The van der Waals surface area contributed by atoms with E-state index in [1.54, 1.807) is 0 Å². The number of nitrogens with one attached hydrogen (secondary N) is 1. The van der Waals surface area contributed by atoms with Crippen LogP contribution >= 0.6 is 11.6 Å². The van der Waals surface area contributed by atoms with E-state index in [-0.39, 0.29) is 6.10 Å². The zero-order valence-corrected chi connectivity index (χ0v) is 13.2. The van der Waals surface area contributed by atoms with E-state index < -0.39 is 0 Å². The molecule has 0 spiro atoms. The molecule has 0 unspecified atom stereocenters. The van der Waals surface area contributed by atoms with Crippen LogP contribution in [-0.4, -0.2) is 12.1 Å². The Morgan fingerprint density at radius 1 is 1.10 bits per heavy atom. The van der Waals surface area contributed by atoms with Gasteiger partial charge in [-0.25, -0.2) is 0 Å². The largest absolute Gasteiger partial charge is 0.489 e. The van der Waals surface area contributed by atoms with Gasteiger partial charge in [0.2, 0.25) is 0 Å². The second-order valence-corrected chi connectivity index (χ2v) is 6.24. The third-order valence-corrected chi connectivity index (χ3v) is 4.01. The first-order chi connectivity index (χ1) is 10.1. The Labute approximate surface area is 131 Å². The molecule has 3 rings (SSSR count). The van der Waals surface area contributed by atoms with Gasteiger partial charge in [-0.3, -0.25) is 0 Å². The van der Waals surface area contributed by atoms with E-state index in [0.29, 0.717) is 11.1 Å². The third-order valence-electron chi connectivity index (χ3n) is 3.72. The first-order valence-corrected chi connectivity index (χ1v) is 7.79. The standard InChI is InChI=1S/C18H20ClNO/c1-12(2)21-18-8-7-15(11-17(18)19)20-16-9-13-5-3-4-6-14(13)10-16/h3-8,11-12,16,20H,9-10H2,1-2H3. The molecule has 2 nitrogen and oxygen atoms in total. The number of hydrogen-bond acceptors (Lipinski definition) is 2. The maximum Gasteiger partial charge on any atom is 0.138 e. The highest BCUT2D eigenvalue weighted by molar-refractivity contribution is 6.32. The van der Waals surface area contributed by atoms with Crippen LogP contribution in [-0.2, 0) is 12.8 Å². The Balaban J connectivity index is 1.68. The van der Waals surface area contributed by atoms with E-state index >= 15 is 0 Å². The molecule has 0 aromatic heterocycles. The molecule has 1 aliphatic rings. The minimum atomic E-state index is 0.130. The number of hydrogen-bond donors (Lipinski definition) is 1.